The molecule has 7 heteroatoms. The molecule has 0 radical (unpaired) electrons. The van der Waals surface area contributed by atoms with Crippen molar-refractivity contribution in [2.75, 3.05) is 10.6 Å². The Labute approximate surface area is 202 Å². The van der Waals surface area contributed by atoms with Crippen LogP contribution in [-0.4, -0.2) is 20.5 Å². The summed E-state index contributed by atoms with van der Waals surface area (Å²) in [7, 11) is 0. The Bertz CT molecular complexity index is 1480. The molecule has 0 aliphatic rings. The number of carbonyl (C=O) groups excluding carboxylic acids is 1. The van der Waals surface area contributed by atoms with Crippen LogP contribution in [0.3, 0.4) is 0 Å². The van der Waals surface area contributed by atoms with Crippen LogP contribution in [0.1, 0.15) is 12.6 Å². The van der Waals surface area contributed by atoms with Crippen molar-refractivity contribution in [3.8, 4) is 22.4 Å². The number of hydrogen-bond acceptors (Lipinski definition) is 4. The molecule has 2 heterocycles. The first-order valence-corrected chi connectivity index (χ1v) is 11.2. The average Bonchev–Trinajstić information content (AvgIpc) is 3.17. The van der Waals surface area contributed by atoms with Crippen molar-refractivity contribution in [1.29, 1.82) is 0 Å². The van der Waals surface area contributed by atoms with Crippen LogP contribution in [-0.2, 0) is 4.79 Å². The quantitative estimate of drug-likeness (QED) is 0.300. The van der Waals surface area contributed by atoms with Crippen molar-refractivity contribution in [3.63, 3.8) is 0 Å². The third-order valence-electron chi connectivity index (χ3n) is 5.44. The molecule has 2 aromatic heterocycles. The second-order valence-electron chi connectivity index (χ2n) is 7.98. The Morgan fingerprint density at radius 2 is 1.56 bits per heavy atom. The molecule has 5 aromatic rings. The number of hydrogen-bond donors (Lipinski definition) is 2. The monoisotopic (exact) mass is 467 g/mol. The van der Waals surface area contributed by atoms with E-state index in [-0.39, 0.29) is 5.91 Å². The first kappa shape index (κ1) is 21.7. The summed E-state index contributed by atoms with van der Waals surface area (Å²) in [4.78, 5) is 16.3. The van der Waals surface area contributed by atoms with E-state index in [4.69, 9.17) is 21.7 Å². The molecule has 0 atom stereocenters. The third kappa shape index (κ3) is 4.36. The lowest BCUT2D eigenvalue weighted by atomic mass is 10.1. The van der Waals surface area contributed by atoms with Gasteiger partial charge in [-0.05, 0) is 48.9 Å². The molecule has 0 saturated heterocycles. The van der Waals surface area contributed by atoms with Crippen LogP contribution in [0.25, 0.3) is 28.0 Å². The summed E-state index contributed by atoms with van der Waals surface area (Å²) < 4.78 is 1.83. The highest BCUT2D eigenvalue weighted by atomic mass is 35.5. The standard InChI is InChI=1S/C27H22ClN5O/c1-17-26(20-8-10-21(28)11-9-20)27-31-24(19-6-4-3-5-7-19)16-25(33(27)32-17)30-23-14-12-22(13-15-23)29-18(2)34/h3-16,30H,1-2H3,(H,29,34). The summed E-state index contributed by atoms with van der Waals surface area (Å²) in [5, 5.41) is 11.7. The van der Waals surface area contributed by atoms with E-state index >= 15 is 0 Å². The lowest BCUT2D eigenvalue weighted by Gasteiger charge is -2.12. The third-order valence-corrected chi connectivity index (χ3v) is 5.70. The second kappa shape index (κ2) is 9.00. The maximum atomic E-state index is 11.3. The number of anilines is 3. The van der Waals surface area contributed by atoms with E-state index in [1.165, 1.54) is 6.92 Å². The Hall–Kier alpha value is -4.16. The summed E-state index contributed by atoms with van der Waals surface area (Å²) in [5.41, 5.74) is 7.02. The zero-order chi connectivity index (χ0) is 23.7. The first-order chi connectivity index (χ1) is 16.5. The highest BCUT2D eigenvalue weighted by Crippen LogP contribution is 2.33. The molecule has 5 rings (SSSR count). The Balaban J connectivity index is 1.65. The number of rotatable bonds is 5. The normalized spacial score (nSPS) is 10.9. The van der Waals surface area contributed by atoms with Gasteiger partial charge in [0.05, 0.1) is 11.4 Å². The smallest absolute Gasteiger partial charge is 0.221 e. The molecular formula is C27H22ClN5O. The second-order valence-corrected chi connectivity index (χ2v) is 8.42. The molecule has 34 heavy (non-hydrogen) atoms. The summed E-state index contributed by atoms with van der Waals surface area (Å²) in [6.07, 6.45) is 0. The number of fused-ring (bicyclic) bond motifs is 1. The first-order valence-electron chi connectivity index (χ1n) is 10.8. The summed E-state index contributed by atoms with van der Waals surface area (Å²) in [6, 6.07) is 27.3. The van der Waals surface area contributed by atoms with Gasteiger partial charge >= 0.3 is 0 Å². The van der Waals surface area contributed by atoms with E-state index < -0.39 is 0 Å². The van der Waals surface area contributed by atoms with Gasteiger partial charge in [-0.15, -0.1) is 0 Å². The van der Waals surface area contributed by atoms with Gasteiger partial charge in [0, 0.05) is 40.5 Å². The van der Waals surface area contributed by atoms with Crippen molar-refractivity contribution in [3.05, 3.63) is 95.6 Å². The number of amides is 1. The predicted molar refractivity (Wildman–Crippen MR) is 138 cm³/mol. The molecule has 0 aliphatic carbocycles. The maximum Gasteiger partial charge on any atom is 0.221 e. The van der Waals surface area contributed by atoms with Gasteiger partial charge in [-0.1, -0.05) is 54.1 Å². The molecule has 6 nitrogen and oxygen atoms in total. The molecule has 3 aromatic carbocycles. The molecule has 168 valence electrons. The van der Waals surface area contributed by atoms with E-state index in [0.717, 1.165) is 50.9 Å². The van der Waals surface area contributed by atoms with Gasteiger partial charge in [0.1, 0.15) is 5.82 Å². The predicted octanol–water partition coefficient (Wildman–Crippen LogP) is 6.73. The van der Waals surface area contributed by atoms with Crippen LogP contribution in [0.5, 0.6) is 0 Å². The van der Waals surface area contributed by atoms with Crippen molar-refractivity contribution in [2.45, 2.75) is 13.8 Å². The minimum absolute atomic E-state index is 0.106. The van der Waals surface area contributed by atoms with Crippen molar-refractivity contribution < 1.29 is 4.79 Å². The van der Waals surface area contributed by atoms with Gasteiger partial charge in [0.2, 0.25) is 5.91 Å². The van der Waals surface area contributed by atoms with Crippen LogP contribution in [0.4, 0.5) is 17.2 Å². The molecule has 0 unspecified atom stereocenters. The Morgan fingerprint density at radius 1 is 0.882 bits per heavy atom. The molecule has 0 fully saturated rings. The molecule has 0 aliphatic heterocycles. The lowest BCUT2D eigenvalue weighted by molar-refractivity contribution is -0.114. The van der Waals surface area contributed by atoms with Gasteiger partial charge < -0.3 is 10.6 Å². The number of nitrogens with one attached hydrogen (secondary N) is 2. The zero-order valence-electron chi connectivity index (χ0n) is 18.7. The maximum absolute atomic E-state index is 11.3. The van der Waals surface area contributed by atoms with Crippen LogP contribution >= 0.6 is 11.6 Å². The van der Waals surface area contributed by atoms with Gasteiger partial charge in [-0.25, -0.2) is 4.98 Å². The van der Waals surface area contributed by atoms with Gasteiger partial charge in [-0.3, -0.25) is 4.79 Å². The van der Waals surface area contributed by atoms with Gasteiger partial charge in [0.25, 0.3) is 0 Å². The minimum atomic E-state index is -0.106. The van der Waals surface area contributed by atoms with Gasteiger partial charge in [-0.2, -0.15) is 9.61 Å². The molecule has 2 N–H and O–H groups in total. The number of benzene rings is 3. The molecule has 0 saturated carbocycles. The Kier molecular flexibility index (Phi) is 5.74. The highest BCUT2D eigenvalue weighted by molar-refractivity contribution is 6.30. The number of nitrogens with zero attached hydrogens (tertiary/aromatic N) is 3. The fourth-order valence-electron chi connectivity index (χ4n) is 3.91. The SMILES string of the molecule is CC(=O)Nc1ccc(Nc2cc(-c3ccccc3)nc3c(-c4ccc(Cl)cc4)c(C)nn23)cc1. The Morgan fingerprint density at radius 3 is 2.24 bits per heavy atom. The summed E-state index contributed by atoms with van der Waals surface area (Å²) >= 11 is 6.12. The van der Waals surface area contributed by atoms with Crippen LogP contribution in [0.15, 0.2) is 84.9 Å². The number of aromatic nitrogens is 3. The highest BCUT2D eigenvalue weighted by Gasteiger charge is 2.17. The van der Waals surface area contributed by atoms with Crippen molar-refractivity contribution >= 4 is 40.3 Å². The van der Waals surface area contributed by atoms with Gasteiger partial charge in [0.15, 0.2) is 5.65 Å². The van der Waals surface area contributed by atoms with Crippen LogP contribution in [0.2, 0.25) is 5.02 Å². The minimum Gasteiger partial charge on any atom is -0.340 e. The topological polar surface area (TPSA) is 71.3 Å². The lowest BCUT2D eigenvalue weighted by Crippen LogP contribution is -2.06. The fourth-order valence-corrected chi connectivity index (χ4v) is 4.04. The van der Waals surface area contributed by atoms with E-state index in [1.54, 1.807) is 0 Å². The number of aryl methyl sites for hydroxylation is 1. The fraction of sp³-hybridized carbons (Fsp3) is 0.0741. The van der Waals surface area contributed by atoms with Crippen molar-refractivity contribution in [2.24, 2.45) is 0 Å². The van der Waals surface area contributed by atoms with E-state index in [0.29, 0.717) is 5.02 Å². The van der Waals surface area contributed by atoms with Crippen molar-refractivity contribution in [1.82, 2.24) is 14.6 Å². The summed E-state index contributed by atoms with van der Waals surface area (Å²) in [6.45, 7) is 3.47. The largest absolute Gasteiger partial charge is 0.340 e. The average molecular weight is 468 g/mol. The molecule has 0 bridgehead atoms. The van der Waals surface area contributed by atoms with Crippen LogP contribution < -0.4 is 10.6 Å². The molecule has 1 amide bonds. The van der Waals surface area contributed by atoms with E-state index in [1.807, 2.05) is 96.4 Å². The number of halogens is 1. The number of carbonyl (C=O) groups is 1. The molecule has 0 spiro atoms. The van der Waals surface area contributed by atoms with E-state index in [9.17, 15) is 4.79 Å². The zero-order valence-corrected chi connectivity index (χ0v) is 19.5. The summed E-state index contributed by atoms with van der Waals surface area (Å²) in [5.74, 6) is 0.672. The van der Waals surface area contributed by atoms with E-state index in [2.05, 4.69) is 10.6 Å². The molecular weight excluding hydrogens is 446 g/mol. The van der Waals surface area contributed by atoms with Crippen LogP contribution in [0, 0.1) is 6.92 Å².